The molecule has 1 aliphatic rings. The summed E-state index contributed by atoms with van der Waals surface area (Å²) in [5.41, 5.74) is 2.42. The fourth-order valence-electron chi connectivity index (χ4n) is 3.06. The molecule has 3 atom stereocenters. The van der Waals surface area contributed by atoms with E-state index in [0.29, 0.717) is 18.1 Å². The van der Waals surface area contributed by atoms with E-state index in [1.807, 2.05) is 0 Å². The highest BCUT2D eigenvalue weighted by Crippen LogP contribution is 2.25. The van der Waals surface area contributed by atoms with E-state index < -0.39 is 0 Å². The molecule has 0 bridgehead atoms. The minimum Gasteiger partial charge on any atom is -0.376 e. The van der Waals surface area contributed by atoms with Crippen molar-refractivity contribution in [3.63, 3.8) is 0 Å². The van der Waals surface area contributed by atoms with Gasteiger partial charge in [-0.05, 0) is 38.8 Å². The third-order valence-corrected chi connectivity index (χ3v) is 4.02. The lowest BCUT2D eigenvalue weighted by Crippen LogP contribution is -2.44. The second-order valence-electron chi connectivity index (χ2n) is 5.56. The van der Waals surface area contributed by atoms with Crippen LogP contribution in [0.5, 0.6) is 0 Å². The molecular formula is C15H27N3O. The van der Waals surface area contributed by atoms with Gasteiger partial charge >= 0.3 is 0 Å². The molecule has 0 aliphatic carbocycles. The second-order valence-corrected chi connectivity index (χ2v) is 5.56. The molecular weight excluding hydrogens is 238 g/mol. The molecule has 3 unspecified atom stereocenters. The maximum absolute atomic E-state index is 5.94. The van der Waals surface area contributed by atoms with E-state index in [0.717, 1.165) is 31.8 Å². The van der Waals surface area contributed by atoms with Crippen LogP contribution in [0.1, 0.15) is 38.6 Å². The SMILES string of the molecule is CCNC(Cc1cc(C)nn1CC)C1OCCC1C. The Labute approximate surface area is 116 Å². The molecule has 0 spiro atoms. The molecule has 1 aliphatic heterocycles. The van der Waals surface area contributed by atoms with Crippen LogP contribution in [0.25, 0.3) is 0 Å². The van der Waals surface area contributed by atoms with E-state index in [1.54, 1.807) is 0 Å². The second kappa shape index (κ2) is 6.53. The smallest absolute Gasteiger partial charge is 0.0758 e. The summed E-state index contributed by atoms with van der Waals surface area (Å²) in [6, 6.07) is 2.59. The number of nitrogens with zero attached hydrogens (tertiary/aromatic N) is 2. The van der Waals surface area contributed by atoms with E-state index in [1.165, 1.54) is 12.1 Å². The van der Waals surface area contributed by atoms with Gasteiger partial charge < -0.3 is 10.1 Å². The van der Waals surface area contributed by atoms with Crippen molar-refractivity contribution in [2.75, 3.05) is 13.2 Å². The van der Waals surface area contributed by atoms with E-state index >= 15 is 0 Å². The van der Waals surface area contributed by atoms with Crippen LogP contribution in [0.3, 0.4) is 0 Å². The third-order valence-electron chi connectivity index (χ3n) is 4.02. The highest BCUT2D eigenvalue weighted by atomic mass is 16.5. The van der Waals surface area contributed by atoms with Gasteiger partial charge in [0.2, 0.25) is 0 Å². The fraction of sp³-hybridized carbons (Fsp3) is 0.800. The third kappa shape index (κ3) is 3.37. The Balaban J connectivity index is 2.11. The lowest BCUT2D eigenvalue weighted by molar-refractivity contribution is 0.0609. The van der Waals surface area contributed by atoms with Crippen LogP contribution in [0.15, 0.2) is 6.07 Å². The number of nitrogens with one attached hydrogen (secondary N) is 1. The fourth-order valence-corrected chi connectivity index (χ4v) is 3.06. The molecule has 1 fully saturated rings. The van der Waals surface area contributed by atoms with E-state index in [9.17, 15) is 0 Å². The van der Waals surface area contributed by atoms with Gasteiger partial charge in [0.05, 0.1) is 11.8 Å². The van der Waals surface area contributed by atoms with Gasteiger partial charge in [-0.15, -0.1) is 0 Å². The van der Waals surface area contributed by atoms with Crippen molar-refractivity contribution in [1.29, 1.82) is 0 Å². The van der Waals surface area contributed by atoms with Gasteiger partial charge in [0, 0.05) is 31.3 Å². The Kier molecular flexibility index (Phi) is 4.99. The van der Waals surface area contributed by atoms with E-state index in [2.05, 4.69) is 48.9 Å². The van der Waals surface area contributed by atoms with Gasteiger partial charge in [0.15, 0.2) is 0 Å². The standard InChI is InChI=1S/C15H27N3O/c1-5-16-14(15-11(3)7-8-19-15)10-13-9-12(4)17-18(13)6-2/h9,11,14-16H,5-8,10H2,1-4H3. The molecule has 1 aromatic heterocycles. The van der Waals surface area contributed by atoms with Crippen LogP contribution < -0.4 is 5.32 Å². The Morgan fingerprint density at radius 3 is 2.89 bits per heavy atom. The van der Waals surface area contributed by atoms with Crippen molar-refractivity contribution >= 4 is 0 Å². The summed E-state index contributed by atoms with van der Waals surface area (Å²) < 4.78 is 8.05. The molecule has 2 rings (SSSR count). The maximum Gasteiger partial charge on any atom is 0.0758 e. The summed E-state index contributed by atoms with van der Waals surface area (Å²) in [6.07, 6.45) is 2.51. The van der Waals surface area contributed by atoms with E-state index in [4.69, 9.17) is 4.74 Å². The van der Waals surface area contributed by atoms with Gasteiger partial charge in [-0.1, -0.05) is 13.8 Å². The average Bonchev–Trinajstić information content (AvgIpc) is 2.94. The Morgan fingerprint density at radius 2 is 2.32 bits per heavy atom. The number of likely N-dealkylation sites (N-methyl/N-ethyl adjacent to an activating group) is 1. The van der Waals surface area contributed by atoms with Gasteiger partial charge in [0.1, 0.15) is 0 Å². The molecule has 0 saturated carbocycles. The minimum absolute atomic E-state index is 0.334. The molecule has 0 amide bonds. The van der Waals surface area contributed by atoms with Gasteiger partial charge in [-0.2, -0.15) is 5.10 Å². The van der Waals surface area contributed by atoms with Crippen LogP contribution in [-0.4, -0.2) is 35.1 Å². The summed E-state index contributed by atoms with van der Waals surface area (Å²) >= 11 is 0. The first-order valence-electron chi connectivity index (χ1n) is 7.54. The molecule has 108 valence electrons. The Morgan fingerprint density at radius 1 is 1.53 bits per heavy atom. The first-order chi connectivity index (χ1) is 9.15. The highest BCUT2D eigenvalue weighted by Gasteiger charge is 2.32. The van der Waals surface area contributed by atoms with Crippen molar-refractivity contribution in [2.24, 2.45) is 5.92 Å². The molecule has 1 saturated heterocycles. The number of rotatable bonds is 6. The molecule has 0 aromatic carbocycles. The van der Waals surface area contributed by atoms with Crippen LogP contribution >= 0.6 is 0 Å². The number of hydrogen-bond acceptors (Lipinski definition) is 3. The quantitative estimate of drug-likeness (QED) is 0.856. The van der Waals surface area contributed by atoms with E-state index in [-0.39, 0.29) is 0 Å². The van der Waals surface area contributed by atoms with Crippen LogP contribution in [0, 0.1) is 12.8 Å². The molecule has 4 nitrogen and oxygen atoms in total. The predicted octanol–water partition coefficient (Wildman–Crippen LogP) is 2.16. The average molecular weight is 265 g/mol. The highest BCUT2D eigenvalue weighted by molar-refractivity contribution is 5.11. The number of ether oxygens (including phenoxy) is 1. The normalized spacial score (nSPS) is 24.8. The van der Waals surface area contributed by atoms with Crippen LogP contribution in [0.2, 0.25) is 0 Å². The Hall–Kier alpha value is -0.870. The van der Waals surface area contributed by atoms with Crippen molar-refractivity contribution in [3.05, 3.63) is 17.5 Å². The Bertz CT molecular complexity index is 402. The first-order valence-corrected chi connectivity index (χ1v) is 7.54. The monoisotopic (exact) mass is 265 g/mol. The molecule has 0 radical (unpaired) electrons. The molecule has 1 aromatic rings. The van der Waals surface area contributed by atoms with Crippen molar-refractivity contribution in [1.82, 2.24) is 15.1 Å². The van der Waals surface area contributed by atoms with Crippen LogP contribution in [-0.2, 0) is 17.7 Å². The summed E-state index contributed by atoms with van der Waals surface area (Å²) in [4.78, 5) is 0. The number of hydrogen-bond donors (Lipinski definition) is 1. The zero-order valence-corrected chi connectivity index (χ0v) is 12.6. The zero-order valence-electron chi connectivity index (χ0n) is 12.6. The van der Waals surface area contributed by atoms with Gasteiger partial charge in [-0.25, -0.2) is 0 Å². The van der Waals surface area contributed by atoms with Gasteiger partial charge in [-0.3, -0.25) is 4.68 Å². The summed E-state index contributed by atoms with van der Waals surface area (Å²) in [7, 11) is 0. The number of aromatic nitrogens is 2. The topological polar surface area (TPSA) is 39.1 Å². The summed E-state index contributed by atoms with van der Waals surface area (Å²) in [5, 5.41) is 8.13. The summed E-state index contributed by atoms with van der Waals surface area (Å²) in [6.45, 7) is 11.5. The van der Waals surface area contributed by atoms with Crippen LogP contribution in [0.4, 0.5) is 0 Å². The molecule has 4 heteroatoms. The minimum atomic E-state index is 0.334. The largest absolute Gasteiger partial charge is 0.376 e. The van der Waals surface area contributed by atoms with Crippen molar-refractivity contribution < 1.29 is 4.74 Å². The molecule has 1 N–H and O–H groups in total. The zero-order chi connectivity index (χ0) is 13.8. The first kappa shape index (κ1) is 14.5. The predicted molar refractivity (Wildman–Crippen MR) is 77.3 cm³/mol. The van der Waals surface area contributed by atoms with Crippen molar-refractivity contribution in [3.8, 4) is 0 Å². The molecule has 19 heavy (non-hydrogen) atoms. The lowest BCUT2D eigenvalue weighted by Gasteiger charge is -2.27. The van der Waals surface area contributed by atoms with Crippen molar-refractivity contribution in [2.45, 2.75) is 59.2 Å². The lowest BCUT2D eigenvalue weighted by atomic mass is 9.94. The summed E-state index contributed by atoms with van der Waals surface area (Å²) in [5.74, 6) is 0.642. The maximum atomic E-state index is 5.94. The molecule has 2 heterocycles. The number of aryl methyl sites for hydroxylation is 2. The van der Waals surface area contributed by atoms with Gasteiger partial charge in [0.25, 0.3) is 0 Å².